The Labute approximate surface area is 137 Å². The van der Waals surface area contributed by atoms with E-state index < -0.39 is 18.0 Å². The number of likely N-dealkylation sites (tertiary alicyclic amines) is 1. The van der Waals surface area contributed by atoms with Crippen LogP contribution in [0.25, 0.3) is 0 Å². The lowest BCUT2D eigenvalue weighted by atomic mass is 9.75. The summed E-state index contributed by atoms with van der Waals surface area (Å²) in [6.07, 6.45) is 3.91. The molecule has 3 aliphatic rings. The summed E-state index contributed by atoms with van der Waals surface area (Å²) in [4.78, 5) is 2.29. The second kappa shape index (κ2) is 6.89. The minimum Gasteiger partial charge on any atom is -0.299 e. The van der Waals surface area contributed by atoms with Gasteiger partial charge in [-0.3, -0.25) is 15.5 Å². The molecule has 0 bridgehead atoms. The first kappa shape index (κ1) is 17.5. The lowest BCUT2D eigenvalue weighted by molar-refractivity contribution is -0.0648. The van der Waals surface area contributed by atoms with Crippen LogP contribution in [0.4, 0.5) is 13.2 Å². The fraction of sp³-hybridized carbons (Fsp3) is 1.00. The number of nitrogens with zero attached hydrogens (tertiary/aromatic N) is 1. The van der Waals surface area contributed by atoms with Crippen molar-refractivity contribution < 1.29 is 13.2 Å². The van der Waals surface area contributed by atoms with Crippen LogP contribution in [0.2, 0.25) is 0 Å². The molecule has 0 aromatic heterocycles. The molecule has 3 nitrogen and oxygen atoms in total. The van der Waals surface area contributed by atoms with Crippen LogP contribution in [0.5, 0.6) is 0 Å². The Hall–Kier alpha value is -0.330. The Morgan fingerprint density at radius 1 is 1.04 bits per heavy atom. The first-order valence-corrected chi connectivity index (χ1v) is 9.12. The largest absolute Gasteiger partial charge is 0.299 e. The molecular weight excluding hydrogens is 303 g/mol. The van der Waals surface area contributed by atoms with E-state index in [9.17, 15) is 13.2 Å². The molecule has 4 atom stereocenters. The van der Waals surface area contributed by atoms with Crippen molar-refractivity contribution in [2.75, 3.05) is 13.2 Å². The molecule has 2 saturated heterocycles. The molecule has 0 amide bonds. The van der Waals surface area contributed by atoms with Crippen LogP contribution in [0, 0.1) is 11.8 Å². The Kier molecular flexibility index (Phi) is 5.24. The smallest absolute Gasteiger partial charge is 0.248 e. The monoisotopic (exact) mass is 333 g/mol. The molecule has 2 aliphatic heterocycles. The van der Waals surface area contributed by atoms with E-state index in [2.05, 4.69) is 15.5 Å². The van der Waals surface area contributed by atoms with Crippen molar-refractivity contribution in [3.05, 3.63) is 0 Å². The van der Waals surface area contributed by atoms with Crippen LogP contribution in [-0.2, 0) is 0 Å². The maximum absolute atomic E-state index is 14.6. The van der Waals surface area contributed by atoms with Gasteiger partial charge in [-0.1, -0.05) is 0 Å². The van der Waals surface area contributed by atoms with E-state index in [0.29, 0.717) is 31.5 Å². The van der Waals surface area contributed by atoms with Crippen molar-refractivity contribution in [1.82, 2.24) is 15.5 Å². The number of rotatable bonds is 3. The highest BCUT2D eigenvalue weighted by Crippen LogP contribution is 2.42. The van der Waals surface area contributed by atoms with Gasteiger partial charge in [0.25, 0.3) is 0 Å². The van der Waals surface area contributed by atoms with Gasteiger partial charge in [0.05, 0.1) is 6.17 Å². The third kappa shape index (κ3) is 3.69. The summed E-state index contributed by atoms with van der Waals surface area (Å²) >= 11 is 0. The fourth-order valence-corrected chi connectivity index (χ4v) is 4.80. The van der Waals surface area contributed by atoms with Gasteiger partial charge in [0.1, 0.15) is 6.17 Å². The highest BCUT2D eigenvalue weighted by atomic mass is 19.3. The van der Waals surface area contributed by atoms with Crippen molar-refractivity contribution in [2.45, 2.75) is 82.7 Å². The number of nitrogens with one attached hydrogen (secondary N) is 2. The summed E-state index contributed by atoms with van der Waals surface area (Å²) in [5, 5.41) is 6.37. The van der Waals surface area contributed by atoms with E-state index in [1.54, 1.807) is 0 Å². The van der Waals surface area contributed by atoms with Crippen LogP contribution in [0.1, 0.15) is 52.4 Å². The quantitative estimate of drug-likeness (QED) is 0.831. The Balaban J connectivity index is 1.61. The maximum atomic E-state index is 14.6. The van der Waals surface area contributed by atoms with Gasteiger partial charge >= 0.3 is 0 Å². The van der Waals surface area contributed by atoms with Crippen LogP contribution in [0.15, 0.2) is 0 Å². The predicted molar refractivity (Wildman–Crippen MR) is 85.1 cm³/mol. The van der Waals surface area contributed by atoms with Crippen molar-refractivity contribution in [3.63, 3.8) is 0 Å². The Morgan fingerprint density at radius 3 is 2.39 bits per heavy atom. The average Bonchev–Trinajstić information content (AvgIpc) is 2.98. The summed E-state index contributed by atoms with van der Waals surface area (Å²) in [5.74, 6) is -2.59. The van der Waals surface area contributed by atoms with Gasteiger partial charge in [-0.25, -0.2) is 13.2 Å². The Bertz CT molecular complexity index is 393. The van der Waals surface area contributed by atoms with E-state index in [4.69, 9.17) is 0 Å². The van der Waals surface area contributed by atoms with Gasteiger partial charge in [-0.2, -0.15) is 0 Å². The highest BCUT2D eigenvalue weighted by Gasteiger charge is 2.44. The van der Waals surface area contributed by atoms with Crippen molar-refractivity contribution in [3.8, 4) is 0 Å². The highest BCUT2D eigenvalue weighted by molar-refractivity contribution is 4.96. The molecule has 3 rings (SSSR count). The van der Waals surface area contributed by atoms with Crippen LogP contribution in [-0.4, -0.2) is 48.5 Å². The first-order chi connectivity index (χ1) is 10.9. The average molecular weight is 333 g/mol. The Morgan fingerprint density at radius 2 is 1.74 bits per heavy atom. The summed E-state index contributed by atoms with van der Waals surface area (Å²) in [5.41, 5.74) is 0. The predicted octanol–water partition coefficient (Wildman–Crippen LogP) is 3.12. The molecule has 6 heteroatoms. The molecule has 0 spiro atoms. The van der Waals surface area contributed by atoms with Crippen LogP contribution >= 0.6 is 0 Å². The lowest BCUT2D eigenvalue weighted by Gasteiger charge is -2.44. The second-order valence-corrected chi connectivity index (χ2v) is 7.78. The summed E-state index contributed by atoms with van der Waals surface area (Å²) in [7, 11) is 0. The van der Waals surface area contributed by atoms with E-state index >= 15 is 0 Å². The summed E-state index contributed by atoms with van der Waals surface area (Å²) in [6, 6.07) is 0.208. The molecule has 3 fully saturated rings. The van der Waals surface area contributed by atoms with Gasteiger partial charge < -0.3 is 0 Å². The normalized spacial score (nSPS) is 43.7. The van der Waals surface area contributed by atoms with Gasteiger partial charge in [0.2, 0.25) is 5.92 Å². The topological polar surface area (TPSA) is 27.3 Å². The van der Waals surface area contributed by atoms with E-state index in [1.807, 2.05) is 6.92 Å². The van der Waals surface area contributed by atoms with Gasteiger partial charge in [0, 0.05) is 31.2 Å². The molecule has 0 radical (unpaired) electrons. The summed E-state index contributed by atoms with van der Waals surface area (Å²) < 4.78 is 41.6. The van der Waals surface area contributed by atoms with Crippen molar-refractivity contribution in [2.24, 2.45) is 11.8 Å². The first-order valence-electron chi connectivity index (χ1n) is 9.12. The molecule has 0 aromatic carbocycles. The van der Waals surface area contributed by atoms with Crippen molar-refractivity contribution in [1.29, 1.82) is 0 Å². The van der Waals surface area contributed by atoms with Crippen LogP contribution < -0.4 is 10.6 Å². The zero-order valence-electron chi connectivity index (χ0n) is 14.2. The molecule has 0 aromatic rings. The molecule has 4 unspecified atom stereocenters. The van der Waals surface area contributed by atoms with Gasteiger partial charge in [-0.05, 0) is 58.3 Å². The fourth-order valence-electron chi connectivity index (χ4n) is 4.80. The lowest BCUT2D eigenvalue weighted by Crippen LogP contribution is -2.65. The molecule has 134 valence electrons. The number of hydrogen-bond acceptors (Lipinski definition) is 3. The minimum absolute atomic E-state index is 0.142. The molecular formula is C17H30F3N3. The molecule has 1 saturated carbocycles. The van der Waals surface area contributed by atoms with Gasteiger partial charge in [0.15, 0.2) is 0 Å². The zero-order chi connectivity index (χ0) is 16.6. The number of hydrogen-bond donors (Lipinski definition) is 2. The summed E-state index contributed by atoms with van der Waals surface area (Å²) in [6.45, 7) is 4.48. The van der Waals surface area contributed by atoms with Gasteiger partial charge in [-0.15, -0.1) is 0 Å². The standard InChI is InChI=1S/C17H30F3N3/c1-11-15(18)16(22-10-21-11)23-9-3-4-14(23)12-5-7-13(8-6-12)17(2,19)20/h11-16,21-22H,3-10H2,1-2H3. The number of alkyl halides is 3. The van der Waals surface area contributed by atoms with Crippen LogP contribution in [0.3, 0.4) is 0 Å². The third-order valence-corrected chi connectivity index (χ3v) is 6.25. The minimum atomic E-state index is -2.56. The van der Waals surface area contributed by atoms with Crippen molar-refractivity contribution >= 4 is 0 Å². The molecule has 2 heterocycles. The SMILES string of the molecule is CC1NCNC(N2CCCC2C2CCC(C(C)(F)F)CC2)C1F. The second-order valence-electron chi connectivity index (χ2n) is 7.78. The number of halogens is 3. The molecule has 1 aliphatic carbocycles. The molecule has 2 N–H and O–H groups in total. The van der Waals surface area contributed by atoms with E-state index in [1.165, 1.54) is 0 Å². The van der Waals surface area contributed by atoms with E-state index in [0.717, 1.165) is 39.2 Å². The van der Waals surface area contributed by atoms with E-state index in [-0.39, 0.29) is 12.2 Å². The molecule has 23 heavy (non-hydrogen) atoms. The zero-order valence-corrected chi connectivity index (χ0v) is 14.2. The third-order valence-electron chi connectivity index (χ3n) is 6.25. The maximum Gasteiger partial charge on any atom is 0.248 e.